The largest absolute Gasteiger partial charge is 0.466 e. The van der Waals surface area contributed by atoms with E-state index in [1.54, 1.807) is 0 Å². The van der Waals surface area contributed by atoms with E-state index in [0.717, 1.165) is 11.1 Å². The molecular formula is C8H9ClN4O. The fraction of sp³-hybridized carbons (Fsp3) is 0.375. The summed E-state index contributed by atoms with van der Waals surface area (Å²) in [5, 5.41) is 12.3. The lowest BCUT2D eigenvalue weighted by Crippen LogP contribution is -2.00. The van der Waals surface area contributed by atoms with Crippen LogP contribution in [0, 0.1) is 13.8 Å². The van der Waals surface area contributed by atoms with E-state index in [0.29, 0.717) is 16.8 Å². The summed E-state index contributed by atoms with van der Waals surface area (Å²) in [4.78, 5) is 0. The van der Waals surface area contributed by atoms with Crippen LogP contribution in [0.15, 0.2) is 0 Å². The molecule has 0 atom stereocenters. The van der Waals surface area contributed by atoms with Crippen molar-refractivity contribution in [3.05, 3.63) is 16.3 Å². The molecular weight excluding hydrogens is 204 g/mol. The molecule has 2 aromatic rings. The van der Waals surface area contributed by atoms with Crippen LogP contribution in [0.3, 0.4) is 0 Å². The second-order valence-corrected chi connectivity index (χ2v) is 3.32. The molecule has 2 aromatic heterocycles. The van der Waals surface area contributed by atoms with E-state index in [-0.39, 0.29) is 0 Å². The molecule has 0 amide bonds. The zero-order valence-electron chi connectivity index (χ0n) is 8.08. The van der Waals surface area contributed by atoms with Crippen LogP contribution in [0.5, 0.6) is 6.01 Å². The maximum absolute atomic E-state index is 5.94. The lowest BCUT2D eigenvalue weighted by Gasteiger charge is -2.03. The van der Waals surface area contributed by atoms with Gasteiger partial charge in [-0.15, -0.1) is 10.2 Å². The number of nitrogens with zero attached hydrogens (tertiary/aromatic N) is 4. The highest BCUT2D eigenvalue weighted by molar-refractivity contribution is 6.30. The Balaban J connectivity index is 2.86. The van der Waals surface area contributed by atoms with Gasteiger partial charge in [0.25, 0.3) is 0 Å². The third-order valence-electron chi connectivity index (χ3n) is 2.19. The van der Waals surface area contributed by atoms with Crippen molar-refractivity contribution in [1.82, 2.24) is 19.8 Å². The second kappa shape index (κ2) is 3.09. The molecule has 0 aliphatic rings. The molecule has 6 heteroatoms. The first-order valence-electron chi connectivity index (χ1n) is 4.07. The van der Waals surface area contributed by atoms with Crippen LogP contribution in [0.25, 0.3) is 5.65 Å². The van der Waals surface area contributed by atoms with Crippen molar-refractivity contribution in [2.75, 3.05) is 7.11 Å². The van der Waals surface area contributed by atoms with Gasteiger partial charge in [-0.25, -0.2) is 0 Å². The van der Waals surface area contributed by atoms with Crippen LogP contribution in [0.4, 0.5) is 0 Å². The molecule has 2 rings (SSSR count). The highest BCUT2D eigenvalue weighted by Crippen LogP contribution is 2.21. The number of fused-ring (bicyclic) bond motifs is 1. The van der Waals surface area contributed by atoms with Gasteiger partial charge in [-0.3, -0.25) is 0 Å². The fourth-order valence-electron chi connectivity index (χ4n) is 1.20. The molecule has 0 aliphatic carbocycles. The predicted molar refractivity (Wildman–Crippen MR) is 51.8 cm³/mol. The summed E-state index contributed by atoms with van der Waals surface area (Å²) in [5.41, 5.74) is 2.54. The highest BCUT2D eigenvalue weighted by atomic mass is 35.5. The van der Waals surface area contributed by atoms with Gasteiger partial charge in [-0.1, -0.05) is 16.7 Å². The summed E-state index contributed by atoms with van der Waals surface area (Å²) in [5.74, 6) is 0. The van der Waals surface area contributed by atoms with E-state index >= 15 is 0 Å². The first-order valence-corrected chi connectivity index (χ1v) is 4.45. The van der Waals surface area contributed by atoms with Gasteiger partial charge in [0.15, 0.2) is 10.8 Å². The van der Waals surface area contributed by atoms with Crippen molar-refractivity contribution in [3.8, 4) is 6.01 Å². The number of aromatic nitrogens is 4. The van der Waals surface area contributed by atoms with Crippen molar-refractivity contribution >= 4 is 17.2 Å². The van der Waals surface area contributed by atoms with Crippen molar-refractivity contribution in [3.63, 3.8) is 0 Å². The molecule has 0 bridgehead atoms. The Hall–Kier alpha value is -1.36. The van der Waals surface area contributed by atoms with Crippen LogP contribution in [0.2, 0.25) is 5.15 Å². The van der Waals surface area contributed by atoms with E-state index in [2.05, 4.69) is 15.3 Å². The molecule has 2 heterocycles. The molecule has 0 spiro atoms. The molecule has 74 valence electrons. The molecule has 5 nitrogen and oxygen atoms in total. The number of aryl methyl sites for hydroxylation is 1. The van der Waals surface area contributed by atoms with Crippen LogP contribution in [-0.4, -0.2) is 26.9 Å². The van der Waals surface area contributed by atoms with Crippen LogP contribution < -0.4 is 4.74 Å². The van der Waals surface area contributed by atoms with Crippen molar-refractivity contribution in [2.24, 2.45) is 0 Å². The van der Waals surface area contributed by atoms with Crippen molar-refractivity contribution in [1.29, 1.82) is 0 Å². The molecule has 0 aliphatic heterocycles. The maximum atomic E-state index is 5.94. The minimum atomic E-state index is 0.338. The number of hydrogen-bond acceptors (Lipinski definition) is 4. The lowest BCUT2D eigenvalue weighted by molar-refractivity contribution is 0.368. The maximum Gasteiger partial charge on any atom is 0.338 e. The summed E-state index contributed by atoms with van der Waals surface area (Å²) < 4.78 is 6.48. The van der Waals surface area contributed by atoms with Gasteiger partial charge in [0.2, 0.25) is 0 Å². The molecule has 0 aromatic carbocycles. The van der Waals surface area contributed by atoms with E-state index in [1.807, 2.05) is 13.8 Å². The Labute approximate surface area is 85.7 Å². The molecule has 0 saturated heterocycles. The fourth-order valence-corrected chi connectivity index (χ4v) is 1.42. The van der Waals surface area contributed by atoms with Gasteiger partial charge in [-0.05, 0) is 19.4 Å². The first kappa shape index (κ1) is 9.21. The Morgan fingerprint density at radius 2 is 1.93 bits per heavy atom. The average Bonchev–Trinajstić information content (AvgIpc) is 2.57. The number of ether oxygens (including phenoxy) is 1. The van der Waals surface area contributed by atoms with Gasteiger partial charge in [-0.2, -0.15) is 4.52 Å². The van der Waals surface area contributed by atoms with Crippen molar-refractivity contribution < 1.29 is 4.74 Å². The van der Waals surface area contributed by atoms with Crippen LogP contribution >= 0.6 is 11.6 Å². The summed E-state index contributed by atoms with van der Waals surface area (Å²) in [6.45, 7) is 3.82. The minimum absolute atomic E-state index is 0.338. The number of rotatable bonds is 1. The SMILES string of the molecule is COc1nnc2c(C)c(C)c(Cl)nn12. The lowest BCUT2D eigenvalue weighted by atomic mass is 10.2. The van der Waals surface area contributed by atoms with Crippen LogP contribution in [0.1, 0.15) is 11.1 Å². The van der Waals surface area contributed by atoms with Gasteiger partial charge >= 0.3 is 6.01 Å². The van der Waals surface area contributed by atoms with Gasteiger partial charge in [0.05, 0.1) is 7.11 Å². The van der Waals surface area contributed by atoms with E-state index in [9.17, 15) is 0 Å². The normalized spacial score (nSPS) is 10.9. The predicted octanol–water partition coefficient (Wildman–Crippen LogP) is 1.40. The number of hydrogen-bond donors (Lipinski definition) is 0. The second-order valence-electron chi connectivity index (χ2n) is 2.96. The Morgan fingerprint density at radius 1 is 1.21 bits per heavy atom. The number of halogens is 1. The monoisotopic (exact) mass is 212 g/mol. The summed E-state index contributed by atoms with van der Waals surface area (Å²) in [6.07, 6.45) is 0. The topological polar surface area (TPSA) is 52.3 Å². The third kappa shape index (κ3) is 1.13. The highest BCUT2D eigenvalue weighted by Gasteiger charge is 2.13. The molecule has 0 unspecified atom stereocenters. The zero-order valence-corrected chi connectivity index (χ0v) is 8.83. The Morgan fingerprint density at radius 3 is 2.57 bits per heavy atom. The standard InChI is InChI=1S/C8H9ClN4O/c1-4-5(2)7-10-11-8(14-3)13(7)12-6(4)9/h1-3H3. The van der Waals surface area contributed by atoms with Gasteiger partial charge in [0, 0.05) is 5.56 Å². The first-order chi connectivity index (χ1) is 6.65. The van der Waals surface area contributed by atoms with E-state index in [1.165, 1.54) is 11.6 Å². The molecule has 14 heavy (non-hydrogen) atoms. The van der Waals surface area contributed by atoms with Gasteiger partial charge in [0.1, 0.15) is 0 Å². The quantitative estimate of drug-likeness (QED) is 0.717. The summed E-state index contributed by atoms with van der Waals surface area (Å²) in [7, 11) is 1.52. The minimum Gasteiger partial charge on any atom is -0.466 e. The zero-order chi connectivity index (χ0) is 10.3. The Bertz CT molecular complexity index is 494. The van der Waals surface area contributed by atoms with Crippen LogP contribution in [-0.2, 0) is 0 Å². The number of methoxy groups -OCH3 is 1. The van der Waals surface area contributed by atoms with Crippen molar-refractivity contribution in [2.45, 2.75) is 13.8 Å². The molecule has 0 N–H and O–H groups in total. The van der Waals surface area contributed by atoms with E-state index in [4.69, 9.17) is 16.3 Å². The average molecular weight is 213 g/mol. The molecule has 0 radical (unpaired) electrons. The third-order valence-corrected chi connectivity index (χ3v) is 2.55. The van der Waals surface area contributed by atoms with Gasteiger partial charge < -0.3 is 4.74 Å². The molecule has 0 fully saturated rings. The Kier molecular flexibility index (Phi) is 2.03. The van der Waals surface area contributed by atoms with E-state index < -0.39 is 0 Å². The summed E-state index contributed by atoms with van der Waals surface area (Å²) >= 11 is 5.94. The molecule has 0 saturated carbocycles. The smallest absolute Gasteiger partial charge is 0.338 e. The summed E-state index contributed by atoms with van der Waals surface area (Å²) in [6, 6.07) is 0.338.